The SMILES string of the molecule is N#CCS(=O)(=O)Cc1ccc(C(=O)OCc2nc(-c3ccsc3)no2)cc1. The van der Waals surface area contributed by atoms with Crippen LogP contribution in [-0.2, 0) is 26.9 Å². The van der Waals surface area contributed by atoms with Gasteiger partial charge in [0, 0.05) is 10.9 Å². The maximum Gasteiger partial charge on any atom is 0.338 e. The minimum Gasteiger partial charge on any atom is -0.452 e. The van der Waals surface area contributed by atoms with Crippen LogP contribution < -0.4 is 0 Å². The van der Waals surface area contributed by atoms with Gasteiger partial charge in [-0.25, -0.2) is 13.2 Å². The molecule has 0 saturated carbocycles. The monoisotopic (exact) mass is 403 g/mol. The van der Waals surface area contributed by atoms with E-state index in [0.717, 1.165) is 5.56 Å². The molecule has 2 aromatic heterocycles. The Morgan fingerprint density at radius 2 is 2.04 bits per heavy atom. The van der Waals surface area contributed by atoms with E-state index >= 15 is 0 Å². The van der Waals surface area contributed by atoms with Crippen LogP contribution >= 0.6 is 11.3 Å². The number of hydrogen-bond acceptors (Lipinski definition) is 9. The van der Waals surface area contributed by atoms with Gasteiger partial charge in [-0.3, -0.25) is 0 Å². The van der Waals surface area contributed by atoms with Crippen molar-refractivity contribution in [2.45, 2.75) is 12.4 Å². The number of benzene rings is 1. The van der Waals surface area contributed by atoms with Crippen molar-refractivity contribution in [2.24, 2.45) is 0 Å². The predicted molar refractivity (Wildman–Crippen MR) is 96.3 cm³/mol. The van der Waals surface area contributed by atoms with Crippen LogP contribution in [0.25, 0.3) is 11.4 Å². The maximum atomic E-state index is 12.1. The van der Waals surface area contributed by atoms with Crippen molar-refractivity contribution < 1.29 is 22.5 Å². The first-order valence-electron chi connectivity index (χ1n) is 7.65. The van der Waals surface area contributed by atoms with Crippen LogP contribution in [0.15, 0.2) is 45.6 Å². The number of ether oxygens (including phenoxy) is 1. The third kappa shape index (κ3) is 4.99. The van der Waals surface area contributed by atoms with Crippen molar-refractivity contribution in [1.82, 2.24) is 10.1 Å². The van der Waals surface area contributed by atoms with Gasteiger partial charge in [0.25, 0.3) is 5.89 Å². The van der Waals surface area contributed by atoms with E-state index in [4.69, 9.17) is 14.5 Å². The number of rotatable bonds is 7. The minimum absolute atomic E-state index is 0.170. The van der Waals surface area contributed by atoms with Gasteiger partial charge in [0.05, 0.1) is 17.4 Å². The topological polar surface area (TPSA) is 123 Å². The van der Waals surface area contributed by atoms with Crippen molar-refractivity contribution in [1.29, 1.82) is 5.26 Å². The molecule has 0 aliphatic carbocycles. The largest absolute Gasteiger partial charge is 0.452 e. The fourth-order valence-electron chi connectivity index (χ4n) is 2.17. The van der Waals surface area contributed by atoms with Crippen LogP contribution in [-0.4, -0.2) is 30.3 Å². The highest BCUT2D eigenvalue weighted by molar-refractivity contribution is 7.90. The second kappa shape index (κ2) is 8.11. The molecular formula is C17H13N3O5S2. The van der Waals surface area contributed by atoms with Gasteiger partial charge in [-0.15, -0.1) is 0 Å². The molecule has 0 unspecified atom stereocenters. The molecule has 3 rings (SSSR count). The summed E-state index contributed by atoms with van der Waals surface area (Å²) in [6.45, 7) is -0.172. The number of esters is 1. The molecule has 8 nitrogen and oxygen atoms in total. The predicted octanol–water partition coefficient (Wildman–Crippen LogP) is 2.59. The van der Waals surface area contributed by atoms with Gasteiger partial charge in [-0.2, -0.15) is 21.6 Å². The molecule has 0 aliphatic heterocycles. The summed E-state index contributed by atoms with van der Waals surface area (Å²) in [4.78, 5) is 16.2. The summed E-state index contributed by atoms with van der Waals surface area (Å²) in [5.74, 6) is -0.817. The van der Waals surface area contributed by atoms with E-state index in [1.807, 2.05) is 16.8 Å². The summed E-state index contributed by atoms with van der Waals surface area (Å²) >= 11 is 1.51. The van der Waals surface area contributed by atoms with Crippen molar-refractivity contribution >= 4 is 27.1 Å². The molecule has 1 aromatic carbocycles. The molecule has 0 spiro atoms. The third-order valence-corrected chi connectivity index (χ3v) is 5.46. The Labute approximate surface area is 158 Å². The molecule has 0 fully saturated rings. The van der Waals surface area contributed by atoms with Crippen molar-refractivity contribution in [2.75, 3.05) is 5.75 Å². The van der Waals surface area contributed by atoms with Crippen LogP contribution in [0.5, 0.6) is 0 Å². The van der Waals surface area contributed by atoms with Crippen LogP contribution in [0, 0.1) is 11.3 Å². The van der Waals surface area contributed by atoms with Gasteiger partial charge in [0.15, 0.2) is 16.4 Å². The highest BCUT2D eigenvalue weighted by Crippen LogP contribution is 2.19. The van der Waals surface area contributed by atoms with E-state index < -0.39 is 21.6 Å². The van der Waals surface area contributed by atoms with E-state index in [2.05, 4.69) is 10.1 Å². The van der Waals surface area contributed by atoms with E-state index in [1.54, 1.807) is 6.07 Å². The van der Waals surface area contributed by atoms with E-state index in [-0.39, 0.29) is 23.8 Å². The maximum absolute atomic E-state index is 12.1. The Bertz CT molecular complexity index is 1060. The number of carbonyl (C=O) groups is 1. The smallest absolute Gasteiger partial charge is 0.338 e. The first-order chi connectivity index (χ1) is 13.0. The lowest BCUT2D eigenvalue weighted by atomic mass is 10.1. The van der Waals surface area contributed by atoms with E-state index in [0.29, 0.717) is 11.4 Å². The molecule has 2 heterocycles. The standard InChI is InChI=1S/C17H13N3O5S2/c18-6-8-27(22,23)11-12-1-3-13(4-2-12)17(21)24-9-15-19-16(20-25-15)14-5-7-26-10-14/h1-5,7,10H,8-9,11H2. The minimum atomic E-state index is -3.48. The molecule has 0 N–H and O–H groups in total. The molecule has 0 atom stereocenters. The average Bonchev–Trinajstić information content (AvgIpc) is 3.31. The molecule has 0 radical (unpaired) electrons. The first kappa shape index (κ1) is 18.8. The first-order valence-corrected chi connectivity index (χ1v) is 10.4. The second-order valence-corrected chi connectivity index (χ2v) is 8.33. The van der Waals surface area contributed by atoms with Gasteiger partial charge in [-0.1, -0.05) is 17.3 Å². The number of thiophene rings is 1. The molecular weight excluding hydrogens is 390 g/mol. The number of nitrogens with zero attached hydrogens (tertiary/aromatic N) is 3. The van der Waals surface area contributed by atoms with Gasteiger partial charge >= 0.3 is 5.97 Å². The summed E-state index contributed by atoms with van der Waals surface area (Å²) in [6, 6.07) is 9.41. The summed E-state index contributed by atoms with van der Waals surface area (Å²) < 4.78 is 33.4. The average molecular weight is 403 g/mol. The second-order valence-electron chi connectivity index (χ2n) is 5.49. The summed E-state index contributed by atoms with van der Waals surface area (Å²) in [5.41, 5.74) is 1.57. The van der Waals surface area contributed by atoms with Crippen LogP contribution in [0.1, 0.15) is 21.8 Å². The number of nitriles is 1. The molecule has 3 aromatic rings. The fraction of sp³-hybridized carbons (Fsp3) is 0.176. The van der Waals surface area contributed by atoms with Crippen LogP contribution in [0.4, 0.5) is 0 Å². The lowest BCUT2D eigenvalue weighted by Crippen LogP contribution is -2.09. The Hall–Kier alpha value is -3.03. The lowest BCUT2D eigenvalue weighted by molar-refractivity contribution is 0.0430. The zero-order chi connectivity index (χ0) is 19.3. The molecule has 10 heteroatoms. The Morgan fingerprint density at radius 3 is 2.70 bits per heavy atom. The molecule has 27 heavy (non-hydrogen) atoms. The van der Waals surface area contributed by atoms with Crippen LogP contribution in [0.3, 0.4) is 0 Å². The molecule has 0 aliphatic rings. The third-order valence-electron chi connectivity index (χ3n) is 3.43. The highest BCUT2D eigenvalue weighted by atomic mass is 32.2. The van der Waals surface area contributed by atoms with Crippen molar-refractivity contribution in [3.8, 4) is 17.5 Å². The number of carbonyl (C=O) groups excluding carboxylic acids is 1. The van der Waals surface area contributed by atoms with Crippen molar-refractivity contribution in [3.63, 3.8) is 0 Å². The zero-order valence-electron chi connectivity index (χ0n) is 13.9. The normalized spacial score (nSPS) is 11.1. The number of hydrogen-bond donors (Lipinski definition) is 0. The van der Waals surface area contributed by atoms with E-state index in [9.17, 15) is 13.2 Å². The molecule has 0 saturated heterocycles. The Kier molecular flexibility index (Phi) is 5.63. The zero-order valence-corrected chi connectivity index (χ0v) is 15.5. The number of aromatic nitrogens is 2. The van der Waals surface area contributed by atoms with Gasteiger partial charge < -0.3 is 9.26 Å². The fourth-order valence-corrected chi connectivity index (χ4v) is 3.81. The molecule has 0 bridgehead atoms. The highest BCUT2D eigenvalue weighted by Gasteiger charge is 2.14. The summed E-state index contributed by atoms with van der Waals surface area (Å²) in [6.07, 6.45) is 0. The van der Waals surface area contributed by atoms with Crippen molar-refractivity contribution in [3.05, 3.63) is 58.1 Å². The van der Waals surface area contributed by atoms with E-state index in [1.165, 1.54) is 35.6 Å². The summed E-state index contributed by atoms with van der Waals surface area (Å²) in [5, 5.41) is 16.1. The Morgan fingerprint density at radius 1 is 1.26 bits per heavy atom. The lowest BCUT2D eigenvalue weighted by Gasteiger charge is -2.04. The molecule has 138 valence electrons. The van der Waals surface area contributed by atoms with Crippen LogP contribution in [0.2, 0.25) is 0 Å². The molecule has 0 amide bonds. The number of sulfone groups is 1. The quantitative estimate of drug-likeness (QED) is 0.552. The van der Waals surface area contributed by atoms with Gasteiger partial charge in [0.1, 0.15) is 5.75 Å². The van der Waals surface area contributed by atoms with Gasteiger partial charge in [-0.05, 0) is 29.1 Å². The summed E-state index contributed by atoms with van der Waals surface area (Å²) in [7, 11) is -3.48. The van der Waals surface area contributed by atoms with Gasteiger partial charge in [0.2, 0.25) is 5.82 Å². The Balaban J connectivity index is 1.58.